The second-order valence-electron chi connectivity index (χ2n) is 6.16. The van der Waals surface area contributed by atoms with Crippen molar-refractivity contribution < 1.29 is 27.7 Å². The maximum atomic E-state index is 12.5. The summed E-state index contributed by atoms with van der Waals surface area (Å²) in [5.74, 6) is -1.58. The summed E-state index contributed by atoms with van der Waals surface area (Å²) in [5.41, 5.74) is -0.0929. The highest BCUT2D eigenvalue weighted by atomic mass is 35.5. The van der Waals surface area contributed by atoms with E-state index in [-0.39, 0.29) is 21.2 Å². The van der Waals surface area contributed by atoms with Gasteiger partial charge in [0.25, 0.3) is 11.6 Å². The summed E-state index contributed by atoms with van der Waals surface area (Å²) in [6.07, 6.45) is 0. The van der Waals surface area contributed by atoms with Crippen molar-refractivity contribution in [1.29, 1.82) is 0 Å². The van der Waals surface area contributed by atoms with Gasteiger partial charge in [0.1, 0.15) is 0 Å². The molecule has 0 aliphatic heterocycles. The number of rotatable bonds is 9. The van der Waals surface area contributed by atoms with E-state index in [0.717, 1.165) is 18.2 Å². The minimum absolute atomic E-state index is 0.0911. The molecule has 0 aliphatic carbocycles. The summed E-state index contributed by atoms with van der Waals surface area (Å²) in [6.45, 7) is 3.51. The monoisotopic (exact) mass is 469 g/mol. The minimum atomic E-state index is -3.61. The van der Waals surface area contributed by atoms with Crippen LogP contribution in [-0.4, -0.2) is 49.2 Å². The molecule has 2 rings (SSSR count). The van der Waals surface area contributed by atoms with Crippen molar-refractivity contribution in [3.8, 4) is 0 Å². The molecular formula is C19H20ClN3O7S. The van der Waals surface area contributed by atoms with Crippen LogP contribution in [0.15, 0.2) is 47.4 Å². The number of nitrogens with zero attached hydrogens (tertiary/aromatic N) is 2. The molecule has 2 aromatic carbocycles. The number of non-ortho nitro benzene ring substituents is 1. The fourth-order valence-corrected chi connectivity index (χ4v) is 4.32. The molecule has 12 heteroatoms. The normalized spacial score (nSPS) is 11.2. The molecule has 0 aromatic heterocycles. The van der Waals surface area contributed by atoms with E-state index in [4.69, 9.17) is 16.3 Å². The number of halogens is 1. The van der Waals surface area contributed by atoms with E-state index in [9.17, 15) is 28.1 Å². The molecule has 2 aromatic rings. The Bertz CT molecular complexity index is 1080. The average molecular weight is 470 g/mol. The van der Waals surface area contributed by atoms with Gasteiger partial charge in [0.2, 0.25) is 10.0 Å². The van der Waals surface area contributed by atoms with Crippen molar-refractivity contribution in [3.05, 3.63) is 63.2 Å². The van der Waals surface area contributed by atoms with Gasteiger partial charge in [-0.15, -0.1) is 0 Å². The Morgan fingerprint density at radius 1 is 1.13 bits per heavy atom. The Morgan fingerprint density at radius 2 is 1.74 bits per heavy atom. The number of ether oxygens (including phenoxy) is 1. The van der Waals surface area contributed by atoms with Crippen LogP contribution in [0.3, 0.4) is 0 Å². The third-order valence-corrected chi connectivity index (χ3v) is 6.58. The number of benzene rings is 2. The van der Waals surface area contributed by atoms with Gasteiger partial charge in [-0.2, -0.15) is 4.31 Å². The van der Waals surface area contributed by atoms with Crippen LogP contribution in [0.1, 0.15) is 24.2 Å². The summed E-state index contributed by atoms with van der Waals surface area (Å²) < 4.78 is 31.1. The lowest BCUT2D eigenvalue weighted by Gasteiger charge is -2.18. The van der Waals surface area contributed by atoms with Crippen molar-refractivity contribution in [2.45, 2.75) is 18.7 Å². The highest BCUT2D eigenvalue weighted by Gasteiger charge is 2.21. The third-order valence-electron chi connectivity index (χ3n) is 4.20. The number of nitro benzene ring substituents is 1. The predicted molar refractivity (Wildman–Crippen MR) is 114 cm³/mol. The summed E-state index contributed by atoms with van der Waals surface area (Å²) in [5, 5.41) is 13.0. The summed E-state index contributed by atoms with van der Waals surface area (Å²) in [7, 11) is -3.61. The molecule has 0 saturated heterocycles. The largest absolute Gasteiger partial charge is 0.452 e. The van der Waals surface area contributed by atoms with Crippen molar-refractivity contribution in [1.82, 2.24) is 4.31 Å². The van der Waals surface area contributed by atoms with E-state index < -0.39 is 33.4 Å². The van der Waals surface area contributed by atoms with Crippen LogP contribution in [0.2, 0.25) is 5.02 Å². The minimum Gasteiger partial charge on any atom is -0.452 e. The highest BCUT2D eigenvalue weighted by molar-refractivity contribution is 7.89. The zero-order chi connectivity index (χ0) is 23.2. The van der Waals surface area contributed by atoms with E-state index in [1.165, 1.54) is 28.6 Å². The van der Waals surface area contributed by atoms with Crippen LogP contribution in [0.5, 0.6) is 0 Å². The van der Waals surface area contributed by atoms with E-state index in [2.05, 4.69) is 5.32 Å². The summed E-state index contributed by atoms with van der Waals surface area (Å²) in [6, 6.07) is 8.81. The number of nitro groups is 1. The Kier molecular flexibility index (Phi) is 8.08. The van der Waals surface area contributed by atoms with E-state index in [1.807, 2.05) is 0 Å². The quantitative estimate of drug-likeness (QED) is 0.338. The highest BCUT2D eigenvalue weighted by Crippen LogP contribution is 2.23. The molecule has 0 spiro atoms. The first-order valence-corrected chi connectivity index (χ1v) is 10.9. The molecule has 166 valence electrons. The van der Waals surface area contributed by atoms with Gasteiger partial charge in [-0.1, -0.05) is 25.4 Å². The Labute approximate surface area is 184 Å². The standard InChI is InChI=1S/C19H20ClN3O7S/c1-3-22(4-2)31(28,29)15-8-5-13(6-9-15)21-18(24)12-30-19(25)16-10-7-14(23(26)27)11-17(16)20/h5-11H,3-4,12H2,1-2H3,(H,21,24). The molecule has 0 bridgehead atoms. The van der Waals surface area contributed by atoms with Crippen molar-refractivity contribution in [3.63, 3.8) is 0 Å². The Morgan fingerprint density at radius 3 is 2.26 bits per heavy atom. The number of hydrogen-bond acceptors (Lipinski definition) is 7. The number of carbonyl (C=O) groups excluding carboxylic acids is 2. The molecule has 0 atom stereocenters. The molecule has 10 nitrogen and oxygen atoms in total. The van der Waals surface area contributed by atoms with Crippen LogP contribution >= 0.6 is 11.6 Å². The maximum absolute atomic E-state index is 12.5. The lowest BCUT2D eigenvalue weighted by Crippen LogP contribution is -2.30. The fraction of sp³-hybridized carbons (Fsp3) is 0.263. The third kappa shape index (κ3) is 6.00. The first-order chi connectivity index (χ1) is 14.6. The molecule has 0 unspecified atom stereocenters. The van der Waals surface area contributed by atoms with Crippen LogP contribution in [0.25, 0.3) is 0 Å². The molecule has 0 saturated carbocycles. The van der Waals surface area contributed by atoms with Gasteiger partial charge in [-0.25, -0.2) is 13.2 Å². The van der Waals surface area contributed by atoms with Gasteiger partial charge in [-0.05, 0) is 30.3 Å². The Balaban J connectivity index is 1.97. The fourth-order valence-electron chi connectivity index (χ4n) is 2.61. The maximum Gasteiger partial charge on any atom is 0.340 e. The molecule has 31 heavy (non-hydrogen) atoms. The number of carbonyl (C=O) groups is 2. The molecule has 1 N–H and O–H groups in total. The van der Waals surface area contributed by atoms with Crippen molar-refractivity contribution >= 4 is 44.9 Å². The zero-order valence-corrected chi connectivity index (χ0v) is 18.3. The molecule has 0 fully saturated rings. The number of nitrogens with one attached hydrogen (secondary N) is 1. The summed E-state index contributed by atoms with van der Waals surface area (Å²) >= 11 is 5.85. The number of amides is 1. The SMILES string of the molecule is CCN(CC)S(=O)(=O)c1ccc(NC(=O)COC(=O)c2ccc([N+](=O)[O-])cc2Cl)cc1. The Hall–Kier alpha value is -3.02. The first kappa shape index (κ1) is 24.3. The van der Waals surface area contributed by atoms with Crippen LogP contribution in [-0.2, 0) is 19.6 Å². The van der Waals surface area contributed by atoms with Crippen molar-refractivity contribution in [2.75, 3.05) is 25.0 Å². The van der Waals surface area contributed by atoms with Gasteiger partial charge < -0.3 is 10.1 Å². The number of sulfonamides is 1. The lowest BCUT2D eigenvalue weighted by molar-refractivity contribution is -0.384. The molecule has 1 amide bonds. The predicted octanol–water partition coefficient (Wildman–Crippen LogP) is 3.07. The van der Waals surface area contributed by atoms with Gasteiger partial charge in [0.15, 0.2) is 6.61 Å². The van der Waals surface area contributed by atoms with E-state index >= 15 is 0 Å². The van der Waals surface area contributed by atoms with Gasteiger partial charge in [0.05, 0.1) is 20.4 Å². The second-order valence-corrected chi connectivity index (χ2v) is 8.50. The first-order valence-electron chi connectivity index (χ1n) is 9.11. The van der Waals surface area contributed by atoms with Crippen LogP contribution in [0.4, 0.5) is 11.4 Å². The van der Waals surface area contributed by atoms with Gasteiger partial charge >= 0.3 is 5.97 Å². The van der Waals surface area contributed by atoms with Crippen LogP contribution < -0.4 is 5.32 Å². The molecule has 0 aliphatic rings. The lowest BCUT2D eigenvalue weighted by atomic mass is 10.2. The number of esters is 1. The van der Waals surface area contributed by atoms with Crippen LogP contribution in [0, 0.1) is 10.1 Å². The van der Waals surface area contributed by atoms with Gasteiger partial charge in [-0.3, -0.25) is 14.9 Å². The zero-order valence-electron chi connectivity index (χ0n) is 16.7. The van der Waals surface area contributed by atoms with Gasteiger partial charge in [0, 0.05) is 30.9 Å². The van der Waals surface area contributed by atoms with Crippen molar-refractivity contribution in [2.24, 2.45) is 0 Å². The molecule has 0 heterocycles. The number of anilines is 1. The molecular weight excluding hydrogens is 450 g/mol. The summed E-state index contributed by atoms with van der Waals surface area (Å²) in [4.78, 5) is 34.2. The smallest absolute Gasteiger partial charge is 0.340 e. The topological polar surface area (TPSA) is 136 Å². The molecule has 0 radical (unpaired) electrons. The van der Waals surface area contributed by atoms with E-state index in [0.29, 0.717) is 18.8 Å². The average Bonchev–Trinajstić information content (AvgIpc) is 2.73. The second kappa shape index (κ2) is 10.3. The number of hydrogen-bond donors (Lipinski definition) is 1. The van der Waals surface area contributed by atoms with E-state index in [1.54, 1.807) is 13.8 Å².